The quantitative estimate of drug-likeness (QED) is 0.689. The third-order valence-corrected chi connectivity index (χ3v) is 4.37. The first-order valence-corrected chi connectivity index (χ1v) is 8.94. The van der Waals surface area contributed by atoms with Gasteiger partial charge in [0.25, 0.3) is 11.8 Å². The molecule has 0 saturated heterocycles. The Balaban J connectivity index is 1.85. The molecule has 0 aliphatic heterocycles. The van der Waals surface area contributed by atoms with Crippen LogP contribution in [0.3, 0.4) is 0 Å². The summed E-state index contributed by atoms with van der Waals surface area (Å²) in [4.78, 5) is 24.9. The number of hydrogen-bond donors (Lipinski definition) is 3. The predicted octanol–water partition coefficient (Wildman–Crippen LogP) is 1.59. The van der Waals surface area contributed by atoms with Crippen molar-refractivity contribution in [1.82, 2.24) is 10.6 Å². The second-order valence-corrected chi connectivity index (χ2v) is 6.87. The van der Waals surface area contributed by atoms with E-state index in [1.165, 1.54) is 0 Å². The number of halogens is 1. The summed E-state index contributed by atoms with van der Waals surface area (Å²) in [5.41, 5.74) is 2.68. The summed E-state index contributed by atoms with van der Waals surface area (Å²) < 4.78 is 0. The molecule has 0 heterocycles. The third kappa shape index (κ3) is 5.86. The summed E-state index contributed by atoms with van der Waals surface area (Å²) in [6.45, 7) is 3.01. The summed E-state index contributed by atoms with van der Waals surface area (Å²) in [5, 5.41) is 6.26. The van der Waals surface area contributed by atoms with E-state index in [9.17, 15) is 9.59 Å². The maximum Gasteiger partial charge on any atom is 0.275 e. The highest BCUT2D eigenvalue weighted by Crippen LogP contribution is 2.16. The minimum absolute atomic E-state index is 0.0167. The Kier molecular flexibility index (Phi) is 7.18. The Hall–Kier alpha value is -2.37. The van der Waals surface area contributed by atoms with E-state index in [0.29, 0.717) is 23.7 Å². The lowest BCUT2D eigenvalue weighted by atomic mass is 10.1. The zero-order valence-electron chi connectivity index (χ0n) is 15.3. The largest absolute Gasteiger partial charge is 0.355 e. The van der Waals surface area contributed by atoms with E-state index in [0.717, 1.165) is 16.0 Å². The molecule has 0 aliphatic carbocycles. The van der Waals surface area contributed by atoms with Crippen molar-refractivity contribution in [2.45, 2.75) is 19.5 Å². The van der Waals surface area contributed by atoms with Crippen LogP contribution in [0.2, 0.25) is 5.02 Å². The monoisotopic (exact) mass is 374 g/mol. The van der Waals surface area contributed by atoms with E-state index < -0.39 is 0 Å². The molecule has 0 bridgehead atoms. The van der Waals surface area contributed by atoms with Gasteiger partial charge in [-0.3, -0.25) is 9.59 Å². The molecule has 2 rings (SSSR count). The average molecular weight is 375 g/mol. The maximum atomic E-state index is 12.3. The Labute approximate surface area is 159 Å². The van der Waals surface area contributed by atoms with Crippen LogP contribution in [0.1, 0.15) is 34.5 Å². The van der Waals surface area contributed by atoms with Crippen LogP contribution in [0.25, 0.3) is 0 Å². The summed E-state index contributed by atoms with van der Waals surface area (Å²) in [7, 11) is 3.58. The number of carbonyl (C=O) groups is 2. The third-order valence-electron chi connectivity index (χ3n) is 4.14. The van der Waals surface area contributed by atoms with E-state index in [1.807, 2.05) is 50.4 Å². The van der Waals surface area contributed by atoms with Crippen LogP contribution in [0.15, 0.2) is 48.5 Å². The van der Waals surface area contributed by atoms with Crippen molar-refractivity contribution in [2.24, 2.45) is 0 Å². The summed E-state index contributed by atoms with van der Waals surface area (Å²) >= 11 is 6.00. The summed E-state index contributed by atoms with van der Waals surface area (Å²) in [6.07, 6.45) is 0. The lowest BCUT2D eigenvalue weighted by molar-refractivity contribution is -0.885. The number of amides is 2. The van der Waals surface area contributed by atoms with E-state index in [1.54, 1.807) is 19.2 Å². The Bertz CT molecular complexity index is 762. The van der Waals surface area contributed by atoms with Crippen LogP contribution in [0, 0.1) is 0 Å². The van der Waals surface area contributed by atoms with Crippen LogP contribution in [-0.4, -0.2) is 32.5 Å². The minimum Gasteiger partial charge on any atom is -0.355 e. The predicted molar refractivity (Wildman–Crippen MR) is 103 cm³/mol. The molecule has 2 aromatic carbocycles. The molecule has 6 heteroatoms. The molecule has 5 nitrogen and oxygen atoms in total. The average Bonchev–Trinajstić information content (AvgIpc) is 2.61. The number of hydrogen-bond acceptors (Lipinski definition) is 2. The Morgan fingerprint density at radius 2 is 1.85 bits per heavy atom. The lowest BCUT2D eigenvalue weighted by Crippen LogP contribution is -3.08. The summed E-state index contributed by atoms with van der Waals surface area (Å²) in [6, 6.07) is 14.8. The van der Waals surface area contributed by atoms with Crippen LogP contribution in [0.4, 0.5) is 0 Å². The van der Waals surface area contributed by atoms with Crippen LogP contribution in [0.5, 0.6) is 0 Å². The standard InChI is InChI=1S/C20H24ClN3O2/c1-14(17-5-4-6-18(21)11-17)23-19(25)13-24(3)12-15-7-9-16(10-8-15)20(26)22-2/h4-11,14H,12-13H2,1-3H3,(H,22,26)(H,23,25)/p+1/t14-/m0/s1. The van der Waals surface area contributed by atoms with Gasteiger partial charge in [0.1, 0.15) is 6.54 Å². The first-order valence-electron chi connectivity index (χ1n) is 8.56. The molecule has 2 amide bonds. The Morgan fingerprint density at radius 3 is 2.46 bits per heavy atom. The molecular formula is C20H25ClN3O2+. The molecule has 138 valence electrons. The summed E-state index contributed by atoms with van der Waals surface area (Å²) in [5.74, 6) is -0.122. The maximum absolute atomic E-state index is 12.3. The van der Waals surface area contributed by atoms with Gasteiger partial charge in [-0.25, -0.2) is 0 Å². The molecule has 26 heavy (non-hydrogen) atoms. The fourth-order valence-corrected chi connectivity index (χ4v) is 2.95. The zero-order valence-corrected chi connectivity index (χ0v) is 16.1. The van der Waals surface area contributed by atoms with Crippen molar-refractivity contribution >= 4 is 23.4 Å². The van der Waals surface area contributed by atoms with Gasteiger partial charge in [0.15, 0.2) is 6.54 Å². The Morgan fingerprint density at radius 1 is 1.15 bits per heavy atom. The number of likely N-dealkylation sites (N-methyl/N-ethyl adjacent to an activating group) is 1. The fraction of sp³-hybridized carbons (Fsp3) is 0.300. The second-order valence-electron chi connectivity index (χ2n) is 6.43. The fourth-order valence-electron chi connectivity index (χ4n) is 2.76. The highest BCUT2D eigenvalue weighted by atomic mass is 35.5. The van der Waals surface area contributed by atoms with Crippen molar-refractivity contribution in [1.29, 1.82) is 0 Å². The minimum atomic E-state index is -0.105. The smallest absolute Gasteiger partial charge is 0.275 e. The van der Waals surface area contributed by atoms with Crippen molar-refractivity contribution in [3.8, 4) is 0 Å². The van der Waals surface area contributed by atoms with E-state index in [4.69, 9.17) is 11.6 Å². The normalized spacial score (nSPS) is 12.9. The highest BCUT2D eigenvalue weighted by Gasteiger charge is 2.14. The molecule has 1 unspecified atom stereocenters. The van der Waals surface area contributed by atoms with Crippen LogP contribution in [-0.2, 0) is 11.3 Å². The van der Waals surface area contributed by atoms with Gasteiger partial charge in [0, 0.05) is 23.2 Å². The zero-order chi connectivity index (χ0) is 19.1. The van der Waals surface area contributed by atoms with Crippen molar-refractivity contribution in [3.05, 3.63) is 70.2 Å². The van der Waals surface area contributed by atoms with Gasteiger partial charge in [0.2, 0.25) is 0 Å². The molecule has 0 saturated carbocycles. The number of benzene rings is 2. The molecule has 0 fully saturated rings. The lowest BCUT2D eigenvalue weighted by Gasteiger charge is -2.18. The van der Waals surface area contributed by atoms with E-state index in [2.05, 4.69) is 10.6 Å². The van der Waals surface area contributed by atoms with E-state index in [-0.39, 0.29) is 17.9 Å². The van der Waals surface area contributed by atoms with Crippen molar-refractivity contribution < 1.29 is 14.5 Å². The van der Waals surface area contributed by atoms with Gasteiger partial charge in [-0.15, -0.1) is 0 Å². The van der Waals surface area contributed by atoms with Gasteiger partial charge in [0.05, 0.1) is 13.1 Å². The molecule has 2 aromatic rings. The first-order chi connectivity index (χ1) is 12.4. The SMILES string of the molecule is CNC(=O)c1ccc(C[NH+](C)CC(=O)N[C@@H](C)c2cccc(Cl)c2)cc1. The van der Waals surface area contributed by atoms with E-state index >= 15 is 0 Å². The molecule has 3 N–H and O–H groups in total. The number of carbonyl (C=O) groups excluding carboxylic acids is 2. The van der Waals surface area contributed by atoms with Crippen molar-refractivity contribution in [2.75, 3.05) is 20.6 Å². The first kappa shape index (κ1) is 19.9. The van der Waals surface area contributed by atoms with Gasteiger partial charge in [-0.2, -0.15) is 0 Å². The molecule has 0 aromatic heterocycles. The second kappa shape index (κ2) is 9.36. The van der Waals surface area contributed by atoms with Gasteiger partial charge in [-0.1, -0.05) is 35.9 Å². The highest BCUT2D eigenvalue weighted by molar-refractivity contribution is 6.30. The molecule has 0 spiro atoms. The molecular weight excluding hydrogens is 350 g/mol. The van der Waals surface area contributed by atoms with Gasteiger partial charge in [-0.05, 0) is 36.8 Å². The number of nitrogens with one attached hydrogen (secondary N) is 3. The van der Waals surface area contributed by atoms with Gasteiger partial charge >= 0.3 is 0 Å². The van der Waals surface area contributed by atoms with Gasteiger partial charge < -0.3 is 15.5 Å². The molecule has 0 radical (unpaired) electrons. The number of quaternary nitrogens is 1. The topological polar surface area (TPSA) is 62.6 Å². The van der Waals surface area contributed by atoms with Crippen LogP contribution >= 0.6 is 11.6 Å². The number of rotatable bonds is 7. The molecule has 0 aliphatic rings. The molecule has 2 atom stereocenters. The van der Waals surface area contributed by atoms with Crippen molar-refractivity contribution in [3.63, 3.8) is 0 Å². The van der Waals surface area contributed by atoms with Crippen LogP contribution < -0.4 is 15.5 Å².